The van der Waals surface area contributed by atoms with E-state index in [2.05, 4.69) is 74.4 Å². The summed E-state index contributed by atoms with van der Waals surface area (Å²) in [6.45, 7) is 6.08. The highest BCUT2D eigenvalue weighted by Gasteiger charge is 2.64. The fraction of sp³-hybridized carbons (Fsp3) is 0.455. The number of halogens is 3. The van der Waals surface area contributed by atoms with Crippen LogP contribution in [0.1, 0.15) is 42.4 Å². The second kappa shape index (κ2) is 10.6. The molecule has 3 saturated heterocycles. The highest BCUT2D eigenvalue weighted by molar-refractivity contribution is 5.65. The molecule has 3 aromatic carbocycles. The number of piperazine rings is 1. The fourth-order valence-corrected chi connectivity index (χ4v) is 7.32. The molecule has 4 heterocycles. The Kier molecular flexibility index (Phi) is 6.96. The van der Waals surface area contributed by atoms with Gasteiger partial charge in [0.15, 0.2) is 6.23 Å². The molecule has 216 valence electrons. The van der Waals surface area contributed by atoms with Crippen molar-refractivity contribution >= 4 is 11.4 Å². The Morgan fingerprint density at radius 3 is 2.27 bits per heavy atom. The minimum Gasteiger partial charge on any atom is -0.369 e. The predicted octanol–water partition coefficient (Wildman–Crippen LogP) is 6.15. The molecule has 3 unspecified atom stereocenters. The van der Waals surface area contributed by atoms with Gasteiger partial charge in [0.1, 0.15) is 6.10 Å². The number of fused-ring (bicyclic) bond motifs is 2. The molecule has 4 aliphatic heterocycles. The van der Waals surface area contributed by atoms with Crippen LogP contribution in [0.5, 0.6) is 0 Å². The van der Waals surface area contributed by atoms with E-state index in [0.29, 0.717) is 18.8 Å². The van der Waals surface area contributed by atoms with Gasteiger partial charge in [-0.3, -0.25) is 9.91 Å². The molecule has 0 amide bonds. The van der Waals surface area contributed by atoms with Crippen molar-refractivity contribution in [3.05, 3.63) is 95.6 Å². The Labute approximate surface area is 240 Å². The number of hydrazine groups is 1. The number of hydrogen-bond donors (Lipinski definition) is 0. The Morgan fingerprint density at radius 2 is 1.51 bits per heavy atom. The Bertz CT molecular complexity index is 1350. The van der Waals surface area contributed by atoms with Gasteiger partial charge in [-0.05, 0) is 61.2 Å². The van der Waals surface area contributed by atoms with Gasteiger partial charge in [-0.25, -0.2) is 5.01 Å². The van der Waals surface area contributed by atoms with Crippen LogP contribution in [0, 0.1) is 0 Å². The van der Waals surface area contributed by atoms with E-state index in [1.54, 1.807) is 6.07 Å². The molecule has 0 spiro atoms. The molecule has 41 heavy (non-hydrogen) atoms. The zero-order valence-corrected chi connectivity index (χ0v) is 23.3. The number of para-hydroxylation sites is 1. The van der Waals surface area contributed by atoms with Crippen molar-refractivity contribution in [2.45, 2.75) is 49.6 Å². The molecule has 7 rings (SSSR count). The number of rotatable bonds is 6. The zero-order valence-electron chi connectivity index (χ0n) is 23.3. The van der Waals surface area contributed by atoms with Crippen LogP contribution in [-0.4, -0.2) is 68.1 Å². The van der Waals surface area contributed by atoms with Crippen molar-refractivity contribution in [2.24, 2.45) is 0 Å². The molecule has 3 atom stereocenters. The summed E-state index contributed by atoms with van der Waals surface area (Å²) in [5, 5.41) is 4.93. The van der Waals surface area contributed by atoms with Gasteiger partial charge in [0, 0.05) is 45.0 Å². The van der Waals surface area contributed by atoms with E-state index in [1.807, 2.05) is 0 Å². The van der Waals surface area contributed by atoms with Crippen LogP contribution < -0.4 is 9.91 Å². The second-order valence-corrected chi connectivity index (χ2v) is 11.8. The first-order valence-electron chi connectivity index (χ1n) is 14.9. The fourth-order valence-electron chi connectivity index (χ4n) is 7.32. The largest absolute Gasteiger partial charge is 0.416 e. The number of hydrogen-bond acceptors (Lipinski definition) is 5. The summed E-state index contributed by atoms with van der Waals surface area (Å²) in [5.41, 5.74) is 3.68. The average Bonchev–Trinajstić information content (AvgIpc) is 3.81. The minimum absolute atomic E-state index is 0.0426. The molecular weight excluding hydrogens is 525 g/mol. The van der Waals surface area contributed by atoms with E-state index >= 15 is 0 Å². The van der Waals surface area contributed by atoms with Crippen LogP contribution >= 0.6 is 0 Å². The SMILES string of the molecule is FC(F)(F)c1cccc(N2CCN(CCC3(c4ccccc4)c4ccccc4N(N4CCCCC4)C4OC43)CC2)c1. The van der Waals surface area contributed by atoms with E-state index in [1.165, 1.54) is 48.2 Å². The molecule has 0 radical (unpaired) electrons. The molecule has 4 aliphatic rings. The number of epoxide rings is 1. The molecule has 0 saturated carbocycles. The Balaban J connectivity index is 1.13. The van der Waals surface area contributed by atoms with Crippen molar-refractivity contribution < 1.29 is 17.9 Å². The van der Waals surface area contributed by atoms with Gasteiger partial charge in [-0.1, -0.05) is 61.0 Å². The summed E-state index contributed by atoms with van der Waals surface area (Å²) in [7, 11) is 0. The van der Waals surface area contributed by atoms with E-state index in [4.69, 9.17) is 4.74 Å². The summed E-state index contributed by atoms with van der Waals surface area (Å²) in [6.07, 6.45) is 0.432. The first-order chi connectivity index (χ1) is 19.9. The first kappa shape index (κ1) is 26.8. The third-order valence-electron chi connectivity index (χ3n) is 9.49. The Morgan fingerprint density at radius 1 is 0.780 bits per heavy atom. The lowest BCUT2D eigenvalue weighted by Gasteiger charge is -2.47. The van der Waals surface area contributed by atoms with Crippen LogP contribution in [-0.2, 0) is 16.3 Å². The van der Waals surface area contributed by atoms with E-state index in [9.17, 15) is 13.2 Å². The minimum atomic E-state index is -4.33. The number of alkyl halides is 3. The molecule has 8 heteroatoms. The molecule has 0 bridgehead atoms. The van der Waals surface area contributed by atoms with Gasteiger partial charge in [0.2, 0.25) is 0 Å². The molecule has 3 aromatic rings. The maximum absolute atomic E-state index is 13.3. The number of benzene rings is 3. The maximum atomic E-state index is 13.3. The number of piperidine rings is 1. The third kappa shape index (κ3) is 4.90. The maximum Gasteiger partial charge on any atom is 0.416 e. The van der Waals surface area contributed by atoms with Crippen LogP contribution in [0.3, 0.4) is 0 Å². The monoisotopic (exact) mass is 562 g/mol. The summed E-state index contributed by atoms with van der Waals surface area (Å²) in [6, 6.07) is 25.4. The van der Waals surface area contributed by atoms with Gasteiger partial charge < -0.3 is 9.64 Å². The standard InChI is InChI=1S/C33H37F3N4O/c34-33(35,36)26-12-9-13-27(24-26)38-22-20-37(21-23-38)19-16-32(25-10-3-1-4-11-25)28-14-5-6-15-29(28)40(31-30(32)41-31)39-17-7-2-8-18-39/h1,3-6,9-15,24,30-31H,2,7-8,16-23H2. The van der Waals surface area contributed by atoms with E-state index < -0.39 is 11.7 Å². The van der Waals surface area contributed by atoms with Crippen molar-refractivity contribution in [3.8, 4) is 0 Å². The van der Waals surface area contributed by atoms with Crippen LogP contribution in [0.25, 0.3) is 0 Å². The van der Waals surface area contributed by atoms with Gasteiger partial charge in [0.05, 0.1) is 16.7 Å². The number of ether oxygens (including phenoxy) is 1. The summed E-state index contributed by atoms with van der Waals surface area (Å²) >= 11 is 0. The average molecular weight is 563 g/mol. The molecule has 0 N–H and O–H groups in total. The normalized spacial score (nSPS) is 26.9. The van der Waals surface area contributed by atoms with Crippen molar-refractivity contribution in [1.82, 2.24) is 9.91 Å². The van der Waals surface area contributed by atoms with Crippen molar-refractivity contribution in [2.75, 3.05) is 55.7 Å². The summed E-state index contributed by atoms with van der Waals surface area (Å²) < 4.78 is 46.5. The van der Waals surface area contributed by atoms with E-state index in [0.717, 1.165) is 45.2 Å². The van der Waals surface area contributed by atoms with E-state index in [-0.39, 0.29) is 17.7 Å². The van der Waals surface area contributed by atoms with Crippen molar-refractivity contribution in [3.63, 3.8) is 0 Å². The molecular formula is C33H37F3N4O. The van der Waals surface area contributed by atoms with Crippen molar-refractivity contribution in [1.29, 1.82) is 0 Å². The zero-order chi connectivity index (χ0) is 28.0. The first-order valence-corrected chi connectivity index (χ1v) is 14.9. The number of nitrogens with zero attached hydrogens (tertiary/aromatic N) is 4. The van der Waals surface area contributed by atoms with Crippen LogP contribution in [0.2, 0.25) is 0 Å². The molecule has 0 aliphatic carbocycles. The lowest BCUT2D eigenvalue weighted by atomic mass is 9.67. The topological polar surface area (TPSA) is 25.5 Å². The number of anilines is 2. The Hall–Kier alpha value is -3.07. The molecule has 5 nitrogen and oxygen atoms in total. The third-order valence-corrected chi connectivity index (χ3v) is 9.49. The predicted molar refractivity (Wildman–Crippen MR) is 155 cm³/mol. The van der Waals surface area contributed by atoms with Crippen LogP contribution in [0.15, 0.2) is 78.9 Å². The van der Waals surface area contributed by atoms with Gasteiger partial charge in [-0.15, -0.1) is 0 Å². The lowest BCUT2D eigenvalue weighted by molar-refractivity contribution is -0.137. The summed E-state index contributed by atoms with van der Waals surface area (Å²) in [4.78, 5) is 4.54. The highest BCUT2D eigenvalue weighted by atomic mass is 19.4. The second-order valence-electron chi connectivity index (χ2n) is 11.8. The van der Waals surface area contributed by atoms with Gasteiger partial charge in [0.25, 0.3) is 0 Å². The molecule has 0 aromatic heterocycles. The smallest absolute Gasteiger partial charge is 0.369 e. The lowest BCUT2D eigenvalue weighted by Crippen LogP contribution is -2.55. The van der Waals surface area contributed by atoms with Crippen LogP contribution in [0.4, 0.5) is 24.5 Å². The van der Waals surface area contributed by atoms with Gasteiger partial charge in [-0.2, -0.15) is 13.2 Å². The van der Waals surface area contributed by atoms with Gasteiger partial charge >= 0.3 is 6.18 Å². The quantitative estimate of drug-likeness (QED) is 0.336. The molecule has 3 fully saturated rings. The summed E-state index contributed by atoms with van der Waals surface area (Å²) in [5.74, 6) is 0. The highest BCUT2D eigenvalue weighted by Crippen LogP contribution is 2.57.